The SMILES string of the molecule is O=c1c2cc3c(cc2c2cc4c5cnccc5n(-c5ccc6oc7ccccc7c6c5)c4cc2c(=O)n1-c1ccccc1)c1cnccc1n3-c1ccccc1. The molecule has 12 aromatic rings. The number of nitrogens with zero attached hydrogens (tertiary/aromatic N) is 5. The van der Waals surface area contributed by atoms with Gasteiger partial charge in [0, 0.05) is 68.5 Å². The van der Waals surface area contributed by atoms with Gasteiger partial charge < -0.3 is 13.6 Å². The number of rotatable bonds is 3. The van der Waals surface area contributed by atoms with Gasteiger partial charge in [-0.25, -0.2) is 4.57 Å². The maximum absolute atomic E-state index is 15.1. The summed E-state index contributed by atoms with van der Waals surface area (Å²) in [7, 11) is 0. The summed E-state index contributed by atoms with van der Waals surface area (Å²) < 4.78 is 11.8. The quantitative estimate of drug-likeness (QED) is 0.181. The van der Waals surface area contributed by atoms with Gasteiger partial charge in [0.25, 0.3) is 11.1 Å². The predicted octanol–water partition coefficient (Wildman–Crippen LogP) is 10.4. The van der Waals surface area contributed by atoms with Crippen molar-refractivity contribution < 1.29 is 4.42 Å². The molecule has 0 atom stereocenters. The molecule has 0 aliphatic carbocycles. The Kier molecular flexibility index (Phi) is 6.19. The Labute approximate surface area is 316 Å². The van der Waals surface area contributed by atoms with Gasteiger partial charge in [-0.3, -0.25) is 19.6 Å². The number of benzene rings is 6. The lowest BCUT2D eigenvalue weighted by Gasteiger charge is -2.09. The molecule has 0 saturated heterocycles. The number of hydrogen-bond donors (Lipinski definition) is 0. The highest BCUT2D eigenvalue weighted by Crippen LogP contribution is 2.39. The van der Waals surface area contributed by atoms with Crippen LogP contribution in [0.15, 0.2) is 178 Å². The third-order valence-corrected chi connectivity index (χ3v) is 11.2. The first kappa shape index (κ1) is 30.6. The van der Waals surface area contributed by atoms with Crippen molar-refractivity contribution >= 4 is 87.1 Å². The fraction of sp³-hybridized carbons (Fsp3) is 0. The summed E-state index contributed by atoms with van der Waals surface area (Å²) in [5, 5.41) is 7.95. The fourth-order valence-electron chi connectivity index (χ4n) is 8.75. The van der Waals surface area contributed by atoms with Crippen LogP contribution in [0.5, 0.6) is 0 Å². The second kappa shape index (κ2) is 11.3. The molecular formula is C48H27N5O3. The smallest absolute Gasteiger partial charge is 0.266 e. The molecule has 6 heterocycles. The van der Waals surface area contributed by atoms with E-state index in [9.17, 15) is 0 Å². The average molecular weight is 722 g/mol. The van der Waals surface area contributed by atoms with Gasteiger partial charge in [0.15, 0.2) is 0 Å². The van der Waals surface area contributed by atoms with Crippen molar-refractivity contribution in [3.63, 3.8) is 0 Å². The molecule has 56 heavy (non-hydrogen) atoms. The zero-order chi connectivity index (χ0) is 37.1. The van der Waals surface area contributed by atoms with Gasteiger partial charge in [-0.15, -0.1) is 0 Å². The first-order valence-electron chi connectivity index (χ1n) is 18.4. The van der Waals surface area contributed by atoms with Crippen LogP contribution in [0.25, 0.3) is 104 Å². The molecule has 12 rings (SSSR count). The molecule has 0 spiro atoms. The Morgan fingerprint density at radius 2 is 0.875 bits per heavy atom. The molecule has 0 unspecified atom stereocenters. The Balaban J connectivity index is 1.27. The molecule has 0 fully saturated rings. The third-order valence-electron chi connectivity index (χ3n) is 11.2. The lowest BCUT2D eigenvalue weighted by atomic mass is 10.0. The molecule has 0 radical (unpaired) electrons. The Morgan fingerprint density at radius 1 is 0.357 bits per heavy atom. The second-order valence-corrected chi connectivity index (χ2v) is 14.2. The first-order chi connectivity index (χ1) is 27.6. The summed E-state index contributed by atoms with van der Waals surface area (Å²) in [5.74, 6) is 0. The van der Waals surface area contributed by atoms with Gasteiger partial charge in [-0.05, 0) is 95.7 Å². The van der Waals surface area contributed by atoms with Crippen molar-refractivity contribution in [2.45, 2.75) is 0 Å². The lowest BCUT2D eigenvalue weighted by molar-refractivity contribution is 0.669. The minimum Gasteiger partial charge on any atom is -0.456 e. The monoisotopic (exact) mass is 721 g/mol. The number of furan rings is 1. The van der Waals surface area contributed by atoms with Crippen LogP contribution in [0.4, 0.5) is 0 Å². The van der Waals surface area contributed by atoms with Gasteiger partial charge >= 0.3 is 0 Å². The van der Waals surface area contributed by atoms with Crippen molar-refractivity contribution in [3.8, 4) is 17.1 Å². The molecule has 0 bridgehead atoms. The Morgan fingerprint density at radius 3 is 1.48 bits per heavy atom. The molecule has 0 aliphatic heterocycles. The maximum Gasteiger partial charge on any atom is 0.266 e. The normalized spacial score (nSPS) is 12.1. The summed E-state index contributed by atoms with van der Waals surface area (Å²) in [6.07, 6.45) is 7.32. The molecule has 6 aromatic heterocycles. The number of aromatic nitrogens is 5. The van der Waals surface area contributed by atoms with Crippen LogP contribution in [0.1, 0.15) is 0 Å². The number of pyridine rings is 2. The zero-order valence-electron chi connectivity index (χ0n) is 29.5. The summed E-state index contributed by atoms with van der Waals surface area (Å²) in [6, 6.07) is 45.5. The van der Waals surface area contributed by atoms with Crippen molar-refractivity contribution in [2.24, 2.45) is 0 Å². The molecular weight excluding hydrogens is 695 g/mol. The van der Waals surface area contributed by atoms with E-state index in [1.807, 2.05) is 103 Å². The molecule has 8 heteroatoms. The molecule has 0 N–H and O–H groups in total. The van der Waals surface area contributed by atoms with Crippen LogP contribution in [-0.4, -0.2) is 23.7 Å². The minimum atomic E-state index is -0.400. The maximum atomic E-state index is 15.1. The number of hydrogen-bond acceptors (Lipinski definition) is 5. The lowest BCUT2D eigenvalue weighted by Crippen LogP contribution is -2.28. The first-order valence-corrected chi connectivity index (χ1v) is 18.4. The van der Waals surface area contributed by atoms with Gasteiger partial charge in [-0.2, -0.15) is 0 Å². The highest BCUT2D eigenvalue weighted by Gasteiger charge is 2.21. The van der Waals surface area contributed by atoms with E-state index >= 15 is 9.59 Å². The summed E-state index contributed by atoms with van der Waals surface area (Å²) in [6.45, 7) is 0. The van der Waals surface area contributed by atoms with E-state index in [0.717, 1.165) is 76.9 Å². The van der Waals surface area contributed by atoms with Gasteiger partial charge in [0.05, 0.1) is 38.5 Å². The van der Waals surface area contributed by atoms with Crippen LogP contribution in [-0.2, 0) is 0 Å². The average Bonchev–Trinajstić information content (AvgIpc) is 3.88. The Bertz CT molecular complexity index is 3750. The number of fused-ring (bicyclic) bond motifs is 12. The summed E-state index contributed by atoms with van der Waals surface area (Å²) in [5.41, 5.74) is 6.77. The molecule has 0 aliphatic rings. The standard InChI is InChI=1S/C48H27N5O3/c54-47-37-24-43-34(39-26-49-19-17-41(39)51(43)28-9-3-1-4-10-28)22-32(37)33-23-35-40-27-50-20-18-42(40)52(30-15-16-46-36(21-30)31-13-7-8-14-45(31)56-46)44(35)25-38(33)48(55)53(47)29-11-5-2-6-12-29/h1-27H. The minimum absolute atomic E-state index is 0.395. The molecule has 262 valence electrons. The van der Waals surface area contributed by atoms with E-state index in [4.69, 9.17) is 4.42 Å². The van der Waals surface area contributed by atoms with Crippen LogP contribution in [0.2, 0.25) is 0 Å². The molecule has 0 saturated carbocycles. The van der Waals surface area contributed by atoms with Crippen molar-refractivity contribution in [1.82, 2.24) is 23.7 Å². The van der Waals surface area contributed by atoms with Crippen LogP contribution in [0, 0.1) is 0 Å². The predicted molar refractivity (Wildman–Crippen MR) is 225 cm³/mol. The van der Waals surface area contributed by atoms with Crippen LogP contribution >= 0.6 is 0 Å². The van der Waals surface area contributed by atoms with Gasteiger partial charge in [0.1, 0.15) is 11.2 Å². The third kappa shape index (κ3) is 4.18. The summed E-state index contributed by atoms with van der Waals surface area (Å²) in [4.78, 5) is 39.2. The van der Waals surface area contributed by atoms with Crippen molar-refractivity contribution in [2.75, 3.05) is 0 Å². The number of para-hydroxylation sites is 3. The molecule has 0 amide bonds. The van der Waals surface area contributed by atoms with Crippen LogP contribution in [0.3, 0.4) is 0 Å². The van der Waals surface area contributed by atoms with E-state index < -0.39 is 11.1 Å². The van der Waals surface area contributed by atoms with E-state index in [2.05, 4.69) is 55.5 Å². The van der Waals surface area contributed by atoms with Crippen molar-refractivity contribution in [1.29, 1.82) is 0 Å². The van der Waals surface area contributed by atoms with E-state index in [1.165, 1.54) is 4.57 Å². The fourth-order valence-corrected chi connectivity index (χ4v) is 8.75. The van der Waals surface area contributed by atoms with Crippen molar-refractivity contribution in [3.05, 3.63) is 185 Å². The second-order valence-electron chi connectivity index (χ2n) is 14.2. The van der Waals surface area contributed by atoms with E-state index in [-0.39, 0.29) is 0 Å². The van der Waals surface area contributed by atoms with Gasteiger partial charge in [0.2, 0.25) is 0 Å². The largest absolute Gasteiger partial charge is 0.456 e. The highest BCUT2D eigenvalue weighted by atomic mass is 16.3. The topological polar surface area (TPSA) is 87.8 Å². The van der Waals surface area contributed by atoms with E-state index in [0.29, 0.717) is 27.2 Å². The molecule has 8 nitrogen and oxygen atoms in total. The Hall–Kier alpha value is -7.84. The van der Waals surface area contributed by atoms with Crippen LogP contribution < -0.4 is 11.1 Å². The van der Waals surface area contributed by atoms with E-state index in [1.54, 1.807) is 24.5 Å². The summed E-state index contributed by atoms with van der Waals surface area (Å²) >= 11 is 0. The molecule has 6 aromatic carbocycles. The van der Waals surface area contributed by atoms with Gasteiger partial charge in [-0.1, -0.05) is 54.6 Å². The zero-order valence-corrected chi connectivity index (χ0v) is 29.5. The highest BCUT2D eigenvalue weighted by molar-refractivity contribution is 6.21.